The van der Waals surface area contributed by atoms with E-state index in [-0.39, 0.29) is 6.10 Å². The fourth-order valence-electron chi connectivity index (χ4n) is 5.33. The van der Waals surface area contributed by atoms with E-state index in [0.717, 1.165) is 74.6 Å². The van der Waals surface area contributed by atoms with Gasteiger partial charge in [-0.05, 0) is 87.4 Å². The van der Waals surface area contributed by atoms with Gasteiger partial charge in [0.25, 0.3) is 0 Å². The molecule has 2 aromatic carbocycles. The van der Waals surface area contributed by atoms with Crippen LogP contribution >= 0.6 is 0 Å². The molecule has 7 nitrogen and oxygen atoms in total. The normalized spacial score (nSPS) is 19.7. The Kier molecular flexibility index (Phi) is 6.67. The second-order valence-corrected chi connectivity index (χ2v) is 10.6. The Balaban J connectivity index is 1.22. The summed E-state index contributed by atoms with van der Waals surface area (Å²) in [5.41, 5.74) is 4.45. The van der Waals surface area contributed by atoms with E-state index in [1.165, 1.54) is 24.1 Å². The highest BCUT2D eigenvalue weighted by Crippen LogP contribution is 2.43. The molecular formula is C29H37N5O2. The quantitative estimate of drug-likeness (QED) is 0.483. The molecular weight excluding hydrogens is 450 g/mol. The van der Waals surface area contributed by atoms with Crippen LogP contribution in [0.1, 0.15) is 51.0 Å². The molecule has 3 heterocycles. The Bertz CT molecular complexity index is 1180. The van der Waals surface area contributed by atoms with E-state index in [4.69, 9.17) is 14.5 Å². The first-order valence-corrected chi connectivity index (χ1v) is 13.5. The molecule has 1 aliphatic carbocycles. The minimum absolute atomic E-state index is 0.233. The first-order valence-electron chi connectivity index (χ1n) is 13.5. The molecule has 1 saturated carbocycles. The lowest BCUT2D eigenvalue weighted by Crippen LogP contribution is -2.41. The van der Waals surface area contributed by atoms with Gasteiger partial charge in [-0.25, -0.2) is 9.97 Å². The van der Waals surface area contributed by atoms with E-state index < -0.39 is 0 Å². The molecule has 0 bridgehead atoms. The van der Waals surface area contributed by atoms with Crippen LogP contribution in [-0.4, -0.2) is 66.4 Å². The number of piperidine rings is 1. The van der Waals surface area contributed by atoms with Crippen LogP contribution in [0.4, 0.5) is 17.3 Å². The molecule has 0 unspecified atom stereocenters. The fourth-order valence-corrected chi connectivity index (χ4v) is 5.33. The van der Waals surface area contributed by atoms with Crippen LogP contribution < -0.4 is 15.0 Å². The summed E-state index contributed by atoms with van der Waals surface area (Å²) in [5, 5.41) is 4.45. The van der Waals surface area contributed by atoms with Crippen molar-refractivity contribution in [3.63, 3.8) is 0 Å². The van der Waals surface area contributed by atoms with Crippen molar-refractivity contribution in [2.75, 3.05) is 49.6 Å². The summed E-state index contributed by atoms with van der Waals surface area (Å²) in [6.07, 6.45) is 6.80. The van der Waals surface area contributed by atoms with Gasteiger partial charge < -0.3 is 24.6 Å². The molecule has 3 fully saturated rings. The standard InChI is InChI=1S/C29H37N5O2/c1-20(2)33-11-9-26(10-12-33)36-27-18-22(21-3-4-21)17-23-19-30-29(32-28(23)27)31-24-5-7-25(8-6-24)34-13-15-35-16-14-34/h5-8,17-21,26H,3-4,9-16H2,1-2H3,(H,30,31,32). The lowest BCUT2D eigenvalue weighted by molar-refractivity contribution is 0.0851. The van der Waals surface area contributed by atoms with Crippen LogP contribution in [0, 0.1) is 0 Å². The van der Waals surface area contributed by atoms with E-state index in [0.29, 0.717) is 17.9 Å². The number of hydrogen-bond acceptors (Lipinski definition) is 7. The smallest absolute Gasteiger partial charge is 0.227 e. The molecule has 190 valence electrons. The third kappa shape index (κ3) is 5.27. The number of fused-ring (bicyclic) bond motifs is 1. The maximum Gasteiger partial charge on any atom is 0.227 e. The maximum atomic E-state index is 6.64. The fraction of sp³-hybridized carbons (Fsp3) is 0.517. The molecule has 0 radical (unpaired) electrons. The van der Waals surface area contributed by atoms with Gasteiger partial charge in [-0.15, -0.1) is 0 Å². The lowest BCUT2D eigenvalue weighted by atomic mass is 10.0. The van der Waals surface area contributed by atoms with Crippen LogP contribution in [0.25, 0.3) is 10.9 Å². The highest BCUT2D eigenvalue weighted by Gasteiger charge is 2.27. The maximum absolute atomic E-state index is 6.64. The largest absolute Gasteiger partial charge is 0.488 e. The number of benzene rings is 2. The SMILES string of the molecule is CC(C)N1CCC(Oc2cc(C3CC3)cc3cnc(Nc4ccc(N5CCOCC5)cc4)nc23)CC1. The molecule has 36 heavy (non-hydrogen) atoms. The van der Waals surface area contributed by atoms with Crippen LogP contribution in [-0.2, 0) is 4.74 Å². The Morgan fingerprint density at radius 1 is 0.972 bits per heavy atom. The number of anilines is 3. The number of hydrogen-bond donors (Lipinski definition) is 1. The molecule has 0 spiro atoms. The van der Waals surface area contributed by atoms with E-state index in [1.54, 1.807) is 0 Å². The molecule has 2 saturated heterocycles. The van der Waals surface area contributed by atoms with Crippen LogP contribution in [0.5, 0.6) is 5.75 Å². The molecule has 7 heteroatoms. The van der Waals surface area contributed by atoms with Gasteiger partial charge in [-0.2, -0.15) is 0 Å². The summed E-state index contributed by atoms with van der Waals surface area (Å²) < 4.78 is 12.1. The Morgan fingerprint density at radius 3 is 2.42 bits per heavy atom. The molecule has 0 atom stereocenters. The molecule has 3 aliphatic rings. The van der Waals surface area contributed by atoms with Gasteiger partial charge >= 0.3 is 0 Å². The Labute approximate surface area is 213 Å². The Morgan fingerprint density at radius 2 is 1.72 bits per heavy atom. The van der Waals surface area contributed by atoms with Crippen LogP contribution in [0.3, 0.4) is 0 Å². The highest BCUT2D eigenvalue weighted by atomic mass is 16.5. The number of aromatic nitrogens is 2. The molecule has 6 rings (SSSR count). The van der Waals surface area contributed by atoms with Crippen LogP contribution in [0.2, 0.25) is 0 Å². The summed E-state index contributed by atoms with van der Waals surface area (Å²) in [6, 6.07) is 13.6. The zero-order valence-corrected chi connectivity index (χ0v) is 21.4. The minimum atomic E-state index is 0.233. The van der Waals surface area contributed by atoms with Crippen molar-refractivity contribution in [3.8, 4) is 5.75 Å². The zero-order valence-electron chi connectivity index (χ0n) is 21.4. The van der Waals surface area contributed by atoms with Crippen molar-refractivity contribution >= 4 is 28.2 Å². The number of likely N-dealkylation sites (tertiary alicyclic amines) is 1. The number of nitrogens with zero attached hydrogens (tertiary/aromatic N) is 4. The zero-order chi connectivity index (χ0) is 24.5. The second kappa shape index (κ2) is 10.2. The summed E-state index contributed by atoms with van der Waals surface area (Å²) in [4.78, 5) is 14.5. The van der Waals surface area contributed by atoms with Gasteiger partial charge in [0.1, 0.15) is 17.4 Å². The third-order valence-corrected chi connectivity index (χ3v) is 7.72. The summed E-state index contributed by atoms with van der Waals surface area (Å²) >= 11 is 0. The van der Waals surface area contributed by atoms with Crippen molar-refractivity contribution in [1.82, 2.24) is 14.9 Å². The average molecular weight is 488 g/mol. The third-order valence-electron chi connectivity index (χ3n) is 7.72. The monoisotopic (exact) mass is 487 g/mol. The molecule has 3 aromatic rings. The van der Waals surface area contributed by atoms with Gasteiger partial charge in [-0.3, -0.25) is 0 Å². The van der Waals surface area contributed by atoms with Gasteiger partial charge in [0.2, 0.25) is 5.95 Å². The molecule has 2 aliphatic heterocycles. The first-order chi connectivity index (χ1) is 17.6. The number of nitrogens with one attached hydrogen (secondary N) is 1. The van der Waals surface area contributed by atoms with Gasteiger partial charge in [-0.1, -0.05) is 0 Å². The summed E-state index contributed by atoms with van der Waals surface area (Å²) in [6.45, 7) is 10.2. The van der Waals surface area contributed by atoms with E-state index in [2.05, 4.69) is 70.3 Å². The van der Waals surface area contributed by atoms with Gasteiger partial charge in [0.15, 0.2) is 0 Å². The van der Waals surface area contributed by atoms with Crippen LogP contribution in [0.15, 0.2) is 42.6 Å². The Hall–Kier alpha value is -2.90. The van der Waals surface area contributed by atoms with E-state index in [9.17, 15) is 0 Å². The summed E-state index contributed by atoms with van der Waals surface area (Å²) in [5.74, 6) is 2.16. The van der Waals surface area contributed by atoms with Crippen molar-refractivity contribution in [3.05, 3.63) is 48.2 Å². The first kappa shape index (κ1) is 23.5. The van der Waals surface area contributed by atoms with Crippen molar-refractivity contribution in [2.24, 2.45) is 0 Å². The van der Waals surface area contributed by atoms with Gasteiger partial charge in [0.05, 0.1) is 13.2 Å². The lowest BCUT2D eigenvalue weighted by Gasteiger charge is -2.34. The molecule has 0 amide bonds. The average Bonchev–Trinajstić information content (AvgIpc) is 3.76. The number of morpholine rings is 1. The van der Waals surface area contributed by atoms with E-state index >= 15 is 0 Å². The van der Waals surface area contributed by atoms with Crippen molar-refractivity contribution in [1.29, 1.82) is 0 Å². The predicted octanol–water partition coefficient (Wildman–Crippen LogP) is 5.34. The minimum Gasteiger partial charge on any atom is -0.488 e. The van der Waals surface area contributed by atoms with Crippen molar-refractivity contribution in [2.45, 2.75) is 57.6 Å². The van der Waals surface area contributed by atoms with Crippen molar-refractivity contribution < 1.29 is 9.47 Å². The topological polar surface area (TPSA) is 62.8 Å². The number of ether oxygens (including phenoxy) is 2. The summed E-state index contributed by atoms with van der Waals surface area (Å²) in [7, 11) is 0. The molecule has 1 N–H and O–H groups in total. The van der Waals surface area contributed by atoms with E-state index in [1.807, 2.05) is 6.20 Å². The molecule has 1 aromatic heterocycles. The second-order valence-electron chi connectivity index (χ2n) is 10.6. The predicted molar refractivity (Wildman–Crippen MR) is 145 cm³/mol. The highest BCUT2D eigenvalue weighted by molar-refractivity contribution is 5.86. The number of rotatable bonds is 7. The van der Waals surface area contributed by atoms with Gasteiger partial charge in [0, 0.05) is 55.2 Å².